The molecule has 0 aromatic carbocycles. The van der Waals surface area contributed by atoms with Gasteiger partial charge in [-0.3, -0.25) is 5.43 Å². The number of hydrazine groups is 1. The van der Waals surface area contributed by atoms with E-state index in [1.54, 1.807) is 18.2 Å². The Kier molecular flexibility index (Phi) is 7.17. The number of hydrazone groups is 1. The van der Waals surface area contributed by atoms with E-state index in [9.17, 15) is 0 Å². The summed E-state index contributed by atoms with van der Waals surface area (Å²) in [7, 11) is 0. The number of hydrogen-bond acceptors (Lipinski definition) is 4. The zero-order valence-electron chi connectivity index (χ0n) is 9.48. The summed E-state index contributed by atoms with van der Waals surface area (Å²) in [4.78, 5) is 0. The summed E-state index contributed by atoms with van der Waals surface area (Å²) in [5.74, 6) is 1.14. The van der Waals surface area contributed by atoms with Crippen LogP contribution in [0.5, 0.6) is 0 Å². The fourth-order valence-corrected chi connectivity index (χ4v) is 2.15. The predicted molar refractivity (Wildman–Crippen MR) is 68.4 cm³/mol. The summed E-state index contributed by atoms with van der Waals surface area (Å²) in [6.07, 6.45) is 13.7. The molecular weight excluding hydrogens is 206 g/mol. The monoisotopic (exact) mass is 227 g/mol. The van der Waals surface area contributed by atoms with Crippen LogP contribution < -0.4 is 5.43 Å². The van der Waals surface area contributed by atoms with Crippen molar-refractivity contribution < 1.29 is 0 Å². The normalized spacial score (nSPS) is 14.3. The first-order chi connectivity index (χ1) is 7.43. The van der Waals surface area contributed by atoms with E-state index in [1.165, 1.54) is 38.5 Å². The molecule has 0 spiro atoms. The predicted octanol–water partition coefficient (Wildman–Crippen LogP) is 3.31. The molecule has 0 amide bonds. The second-order valence-corrected chi connectivity index (χ2v) is 4.64. The molecule has 0 radical (unpaired) electrons. The molecule has 1 aliphatic heterocycles. The van der Waals surface area contributed by atoms with Gasteiger partial charge in [0, 0.05) is 12.0 Å². The van der Waals surface area contributed by atoms with E-state index in [1.807, 2.05) is 16.8 Å². The molecule has 0 saturated heterocycles. The van der Waals surface area contributed by atoms with Gasteiger partial charge in [-0.1, -0.05) is 39.0 Å². The maximum Gasteiger partial charge on any atom is 0.0516 e. The highest BCUT2D eigenvalue weighted by Gasteiger charge is 1.99. The second-order valence-electron chi connectivity index (χ2n) is 3.63. The molecule has 0 saturated carbocycles. The van der Waals surface area contributed by atoms with Gasteiger partial charge in [-0.25, -0.2) is 0 Å². The van der Waals surface area contributed by atoms with Crippen molar-refractivity contribution in [3.8, 4) is 0 Å². The van der Waals surface area contributed by atoms with Gasteiger partial charge in [0.25, 0.3) is 0 Å². The third-order valence-corrected chi connectivity index (χ3v) is 3.17. The van der Waals surface area contributed by atoms with E-state index in [0.717, 1.165) is 5.75 Å². The summed E-state index contributed by atoms with van der Waals surface area (Å²) in [6.45, 7) is 2.25. The third kappa shape index (κ3) is 6.44. The van der Waals surface area contributed by atoms with Crippen LogP contribution in [0.2, 0.25) is 0 Å². The van der Waals surface area contributed by atoms with Gasteiger partial charge in [-0.05, 0) is 24.4 Å². The topological polar surface area (TPSA) is 27.6 Å². The van der Waals surface area contributed by atoms with Gasteiger partial charge in [0.15, 0.2) is 0 Å². The van der Waals surface area contributed by atoms with Crippen molar-refractivity contribution in [3.63, 3.8) is 0 Å². The van der Waals surface area contributed by atoms with Crippen molar-refractivity contribution in [1.82, 2.24) is 9.95 Å². The smallest absolute Gasteiger partial charge is 0.0516 e. The average molecular weight is 227 g/mol. The standard InChI is InChI=1S/C11H21N3S/c1-2-3-4-5-6-7-11-15-14-12-9-8-10-13-14/h8-10,12H,2-7,11H2,1H3. The van der Waals surface area contributed by atoms with Crippen LogP contribution in [-0.2, 0) is 0 Å². The first kappa shape index (κ1) is 12.4. The van der Waals surface area contributed by atoms with E-state index < -0.39 is 0 Å². The molecule has 1 rings (SSSR count). The largest absolute Gasteiger partial charge is 0.279 e. The molecule has 0 aliphatic carbocycles. The van der Waals surface area contributed by atoms with Gasteiger partial charge in [0.1, 0.15) is 0 Å². The van der Waals surface area contributed by atoms with E-state index in [-0.39, 0.29) is 0 Å². The number of nitrogens with one attached hydrogen (secondary N) is 1. The molecule has 0 atom stereocenters. The Morgan fingerprint density at radius 2 is 2.00 bits per heavy atom. The van der Waals surface area contributed by atoms with Crippen LogP contribution in [0.3, 0.4) is 0 Å². The Balaban J connectivity index is 1.84. The number of nitrogens with zero attached hydrogens (tertiary/aromatic N) is 2. The van der Waals surface area contributed by atoms with Crippen molar-refractivity contribution in [2.45, 2.75) is 45.4 Å². The molecule has 0 unspecified atom stereocenters. The number of allylic oxidation sites excluding steroid dienone is 1. The van der Waals surface area contributed by atoms with E-state index in [0.29, 0.717) is 0 Å². The van der Waals surface area contributed by atoms with Crippen LogP contribution in [-0.4, -0.2) is 16.5 Å². The Morgan fingerprint density at radius 1 is 1.20 bits per heavy atom. The minimum atomic E-state index is 1.14. The zero-order chi connectivity index (χ0) is 10.8. The summed E-state index contributed by atoms with van der Waals surface area (Å²) in [5.41, 5.74) is 3.05. The zero-order valence-corrected chi connectivity index (χ0v) is 10.3. The molecule has 3 nitrogen and oxygen atoms in total. The molecule has 4 heteroatoms. The fraction of sp³-hybridized carbons (Fsp3) is 0.727. The Hall–Kier alpha value is -0.640. The summed E-state index contributed by atoms with van der Waals surface area (Å²) in [6, 6.07) is 0. The molecule has 1 N–H and O–H groups in total. The second kappa shape index (κ2) is 8.65. The van der Waals surface area contributed by atoms with Crippen molar-refractivity contribution in [2.24, 2.45) is 5.10 Å². The highest BCUT2D eigenvalue weighted by atomic mass is 32.2. The lowest BCUT2D eigenvalue weighted by atomic mass is 10.1. The quantitative estimate of drug-likeness (QED) is 0.509. The van der Waals surface area contributed by atoms with Crippen molar-refractivity contribution in [3.05, 3.63) is 12.3 Å². The van der Waals surface area contributed by atoms with Gasteiger partial charge in [0.05, 0.1) is 6.21 Å². The molecule has 86 valence electrons. The van der Waals surface area contributed by atoms with E-state index in [4.69, 9.17) is 0 Å². The lowest BCUT2D eigenvalue weighted by Gasteiger charge is -2.18. The summed E-state index contributed by atoms with van der Waals surface area (Å²) >= 11 is 1.73. The Labute approximate surface area is 97.1 Å². The Bertz CT molecular complexity index is 204. The molecule has 0 fully saturated rings. The van der Waals surface area contributed by atoms with Crippen molar-refractivity contribution in [2.75, 3.05) is 5.75 Å². The first-order valence-electron chi connectivity index (χ1n) is 5.82. The minimum Gasteiger partial charge on any atom is -0.279 e. The summed E-state index contributed by atoms with van der Waals surface area (Å²) in [5, 5.41) is 4.15. The van der Waals surface area contributed by atoms with Crippen molar-refractivity contribution >= 4 is 18.2 Å². The number of rotatable bonds is 8. The highest BCUT2D eigenvalue weighted by Crippen LogP contribution is 2.13. The lowest BCUT2D eigenvalue weighted by molar-refractivity contribution is 0.430. The first-order valence-corrected chi connectivity index (χ1v) is 6.76. The lowest BCUT2D eigenvalue weighted by Crippen LogP contribution is -2.24. The third-order valence-electron chi connectivity index (χ3n) is 2.25. The molecule has 15 heavy (non-hydrogen) atoms. The van der Waals surface area contributed by atoms with Crippen LogP contribution in [0.15, 0.2) is 17.4 Å². The maximum absolute atomic E-state index is 4.15. The van der Waals surface area contributed by atoms with Crippen LogP contribution in [0.25, 0.3) is 0 Å². The van der Waals surface area contributed by atoms with Gasteiger partial charge >= 0.3 is 0 Å². The Morgan fingerprint density at radius 3 is 2.73 bits per heavy atom. The van der Waals surface area contributed by atoms with Crippen molar-refractivity contribution in [1.29, 1.82) is 0 Å². The SMILES string of the molecule is CCCCCCCCSN1N=CC=CN1. The van der Waals surface area contributed by atoms with Crippen LogP contribution in [0.1, 0.15) is 45.4 Å². The van der Waals surface area contributed by atoms with Crippen LogP contribution in [0, 0.1) is 0 Å². The molecule has 1 heterocycles. The molecule has 0 aromatic heterocycles. The molecule has 0 bridgehead atoms. The molecular formula is C11H21N3S. The minimum absolute atomic E-state index is 1.14. The molecule has 1 aliphatic rings. The van der Waals surface area contributed by atoms with Gasteiger partial charge in [-0.2, -0.15) is 5.10 Å². The van der Waals surface area contributed by atoms with Gasteiger partial charge in [-0.15, -0.1) is 4.52 Å². The van der Waals surface area contributed by atoms with Crippen LogP contribution in [0.4, 0.5) is 0 Å². The maximum atomic E-state index is 4.15. The number of hydrogen-bond donors (Lipinski definition) is 1. The average Bonchev–Trinajstić information content (AvgIpc) is 2.29. The number of unbranched alkanes of at least 4 members (excludes halogenated alkanes) is 5. The highest BCUT2D eigenvalue weighted by molar-refractivity contribution is 7.96. The van der Waals surface area contributed by atoms with E-state index >= 15 is 0 Å². The van der Waals surface area contributed by atoms with Gasteiger partial charge in [0.2, 0.25) is 0 Å². The summed E-state index contributed by atoms with van der Waals surface area (Å²) < 4.78 is 1.81. The molecule has 0 aromatic rings. The van der Waals surface area contributed by atoms with E-state index in [2.05, 4.69) is 17.5 Å². The van der Waals surface area contributed by atoms with Gasteiger partial charge < -0.3 is 0 Å². The fourth-order valence-electron chi connectivity index (χ4n) is 1.39. The van der Waals surface area contributed by atoms with Crippen LogP contribution >= 0.6 is 11.9 Å².